The van der Waals surface area contributed by atoms with Crippen molar-refractivity contribution in [2.75, 3.05) is 62.0 Å². The molecule has 1 heterocycles. The quantitative estimate of drug-likeness (QED) is 0.0717. The van der Waals surface area contributed by atoms with Gasteiger partial charge in [-0.15, -0.1) is 0 Å². The van der Waals surface area contributed by atoms with Crippen LogP contribution in [0.3, 0.4) is 0 Å². The number of nitrogens with two attached hydrogens (primary N) is 1. The smallest absolute Gasteiger partial charge is 0.233 e. The van der Waals surface area contributed by atoms with E-state index in [0.717, 1.165) is 28.7 Å². The molecule has 0 unspecified atom stereocenters. The van der Waals surface area contributed by atoms with Gasteiger partial charge in [-0.1, -0.05) is 48.5 Å². The number of halogens is 1. The number of hydrogen-bond donors (Lipinski definition) is 5. The molecule has 6 N–H and O–H groups in total. The van der Waals surface area contributed by atoms with E-state index < -0.39 is 0 Å². The van der Waals surface area contributed by atoms with Crippen molar-refractivity contribution in [2.45, 2.75) is 19.4 Å². The normalized spacial score (nSPS) is 10.7. The fourth-order valence-corrected chi connectivity index (χ4v) is 4.21. The van der Waals surface area contributed by atoms with Gasteiger partial charge in [-0.25, -0.2) is 4.39 Å². The van der Waals surface area contributed by atoms with Crippen molar-refractivity contribution in [1.82, 2.24) is 20.3 Å². The lowest BCUT2D eigenvalue weighted by Crippen LogP contribution is -2.29. The summed E-state index contributed by atoms with van der Waals surface area (Å²) in [6.07, 6.45) is 1.74. The maximum Gasteiger partial charge on any atom is 0.233 e. The Balaban J connectivity index is 1.32. The van der Waals surface area contributed by atoms with Gasteiger partial charge in [0.1, 0.15) is 12.1 Å². The van der Waals surface area contributed by atoms with Gasteiger partial charge >= 0.3 is 0 Å². The van der Waals surface area contributed by atoms with E-state index in [2.05, 4.69) is 36.2 Å². The summed E-state index contributed by atoms with van der Waals surface area (Å²) >= 11 is 0. The van der Waals surface area contributed by atoms with Crippen molar-refractivity contribution in [3.63, 3.8) is 0 Å². The monoisotopic (exact) mass is 630 g/mol. The first-order chi connectivity index (χ1) is 22.5. The Kier molecular flexibility index (Phi) is 13.8. The zero-order valence-electron chi connectivity index (χ0n) is 25.5. The zero-order chi connectivity index (χ0) is 32.4. The van der Waals surface area contributed by atoms with Gasteiger partial charge in [-0.05, 0) is 47.4 Å². The average Bonchev–Trinajstić information content (AvgIpc) is 3.07. The number of nitrogens with one attached hydrogen (secondary N) is 4. The van der Waals surface area contributed by atoms with E-state index in [-0.39, 0.29) is 18.1 Å². The zero-order valence-corrected chi connectivity index (χ0v) is 25.5. The summed E-state index contributed by atoms with van der Waals surface area (Å²) in [5, 5.41) is 12.5. The highest BCUT2D eigenvalue weighted by Crippen LogP contribution is 2.18. The van der Waals surface area contributed by atoms with Crippen LogP contribution in [0.4, 0.5) is 27.9 Å². The first-order valence-corrected chi connectivity index (χ1v) is 15.0. The number of benzene rings is 3. The lowest BCUT2D eigenvalue weighted by atomic mass is 10.1. The summed E-state index contributed by atoms with van der Waals surface area (Å²) in [6, 6.07) is 21.0. The van der Waals surface area contributed by atoms with Gasteiger partial charge in [0.15, 0.2) is 0 Å². The summed E-state index contributed by atoms with van der Waals surface area (Å²) in [5.74, 6) is 0.603. The molecular formula is C33H39FN8O4. The number of anilines is 4. The molecule has 0 saturated carbocycles. The summed E-state index contributed by atoms with van der Waals surface area (Å²) in [6.45, 7) is 3.65. The third kappa shape index (κ3) is 12.2. The largest absolute Gasteiger partial charge is 0.378 e. The third-order valence-corrected chi connectivity index (χ3v) is 6.59. The van der Waals surface area contributed by atoms with E-state index in [1.165, 1.54) is 12.1 Å². The molecular weight excluding hydrogens is 591 g/mol. The van der Waals surface area contributed by atoms with Crippen molar-refractivity contribution < 1.29 is 23.5 Å². The molecule has 0 aliphatic carbocycles. The lowest BCUT2D eigenvalue weighted by Gasteiger charge is -2.12. The fraction of sp³-hybridized carbons (Fsp3) is 0.303. The summed E-state index contributed by atoms with van der Waals surface area (Å²) in [4.78, 5) is 36.8. The average molecular weight is 631 g/mol. The number of carbonyl (C=O) groups excluding carboxylic acids is 2. The standard InChI is InChI=1S/C33H39FN8O4/c34-28-9-5-26(6-10-28)22-38-32-40-31(37-15-13-24-1-3-27(23-43)4-2-24)41-33(42-32)39-29-11-7-25(8-12-29)21-30(44)36-16-18-46-20-19-45-17-14-35/h1-12,23H,13-22,35H2,(H,36,44)(H3,37,38,39,40,41,42). The second kappa shape index (κ2) is 18.7. The van der Waals surface area contributed by atoms with Crippen LogP contribution in [-0.2, 0) is 33.7 Å². The minimum atomic E-state index is -0.305. The predicted molar refractivity (Wildman–Crippen MR) is 175 cm³/mol. The van der Waals surface area contributed by atoms with Gasteiger partial charge in [-0.3, -0.25) is 9.59 Å². The van der Waals surface area contributed by atoms with Gasteiger partial charge in [0.05, 0.1) is 32.8 Å². The Morgan fingerprint density at radius 3 is 2.07 bits per heavy atom. The molecule has 0 fully saturated rings. The maximum absolute atomic E-state index is 13.3. The van der Waals surface area contributed by atoms with Crippen molar-refractivity contribution in [3.05, 3.63) is 101 Å². The SMILES string of the molecule is NCCOCCOCCNC(=O)Cc1ccc(Nc2nc(NCCc3ccc(C=O)cc3)nc(NCc3ccc(F)cc3)n2)cc1. The molecule has 0 radical (unpaired) electrons. The molecule has 3 aromatic carbocycles. The number of aromatic nitrogens is 3. The molecule has 0 atom stereocenters. The maximum atomic E-state index is 13.3. The molecule has 0 aliphatic rings. The van der Waals surface area contributed by atoms with Gasteiger partial charge < -0.3 is 36.5 Å². The summed E-state index contributed by atoms with van der Waals surface area (Å²) in [7, 11) is 0. The summed E-state index contributed by atoms with van der Waals surface area (Å²) < 4.78 is 24.0. The Bertz CT molecular complexity index is 1510. The number of nitrogens with zero attached hydrogens (tertiary/aromatic N) is 3. The Morgan fingerprint density at radius 2 is 1.37 bits per heavy atom. The van der Waals surface area contributed by atoms with Crippen LogP contribution >= 0.6 is 0 Å². The van der Waals surface area contributed by atoms with E-state index in [0.29, 0.717) is 82.4 Å². The molecule has 0 aliphatic heterocycles. The van der Waals surface area contributed by atoms with Crippen LogP contribution in [-0.4, -0.2) is 73.2 Å². The molecule has 0 saturated heterocycles. The van der Waals surface area contributed by atoms with Crippen LogP contribution in [0.15, 0.2) is 72.8 Å². The number of amides is 1. The van der Waals surface area contributed by atoms with Crippen molar-refractivity contribution in [1.29, 1.82) is 0 Å². The van der Waals surface area contributed by atoms with Gasteiger partial charge in [0, 0.05) is 37.4 Å². The van der Waals surface area contributed by atoms with Crippen molar-refractivity contribution in [2.24, 2.45) is 5.73 Å². The molecule has 4 aromatic rings. The van der Waals surface area contributed by atoms with Crippen LogP contribution < -0.4 is 27.0 Å². The molecule has 4 rings (SSSR count). The molecule has 12 nitrogen and oxygen atoms in total. The number of hydrogen-bond acceptors (Lipinski definition) is 11. The highest BCUT2D eigenvalue weighted by atomic mass is 19.1. The number of rotatable bonds is 20. The predicted octanol–water partition coefficient (Wildman–Crippen LogP) is 3.48. The first-order valence-electron chi connectivity index (χ1n) is 15.0. The van der Waals surface area contributed by atoms with E-state index >= 15 is 0 Å². The highest BCUT2D eigenvalue weighted by molar-refractivity contribution is 5.78. The molecule has 46 heavy (non-hydrogen) atoms. The van der Waals surface area contributed by atoms with Crippen LogP contribution in [0.25, 0.3) is 0 Å². The molecule has 0 spiro atoms. The van der Waals surface area contributed by atoms with E-state index in [1.807, 2.05) is 36.4 Å². The third-order valence-electron chi connectivity index (χ3n) is 6.59. The Labute approximate surface area is 267 Å². The minimum Gasteiger partial charge on any atom is -0.378 e. The second-order valence-corrected chi connectivity index (χ2v) is 10.2. The fourth-order valence-electron chi connectivity index (χ4n) is 4.21. The van der Waals surface area contributed by atoms with Crippen LogP contribution in [0.1, 0.15) is 27.0 Å². The van der Waals surface area contributed by atoms with Crippen LogP contribution in [0, 0.1) is 5.82 Å². The number of ether oxygens (including phenoxy) is 2. The molecule has 1 amide bonds. The van der Waals surface area contributed by atoms with E-state index in [9.17, 15) is 14.0 Å². The summed E-state index contributed by atoms with van der Waals surface area (Å²) in [5.41, 5.74) is 9.49. The number of carbonyl (C=O) groups is 2. The Hall–Kier alpha value is -4.98. The van der Waals surface area contributed by atoms with E-state index in [4.69, 9.17) is 15.2 Å². The van der Waals surface area contributed by atoms with Gasteiger partial charge in [0.25, 0.3) is 0 Å². The topological polar surface area (TPSA) is 165 Å². The molecule has 1 aromatic heterocycles. The highest BCUT2D eigenvalue weighted by Gasteiger charge is 2.09. The molecule has 242 valence electrons. The first kappa shape index (κ1) is 33.9. The van der Waals surface area contributed by atoms with Gasteiger partial charge in [-0.2, -0.15) is 15.0 Å². The van der Waals surface area contributed by atoms with Crippen molar-refractivity contribution in [3.8, 4) is 0 Å². The van der Waals surface area contributed by atoms with Crippen LogP contribution in [0.5, 0.6) is 0 Å². The Morgan fingerprint density at radius 1 is 0.739 bits per heavy atom. The molecule has 13 heteroatoms. The van der Waals surface area contributed by atoms with Gasteiger partial charge in [0.2, 0.25) is 23.8 Å². The van der Waals surface area contributed by atoms with Crippen molar-refractivity contribution >= 4 is 35.7 Å². The van der Waals surface area contributed by atoms with E-state index in [1.54, 1.807) is 24.3 Å². The minimum absolute atomic E-state index is 0.103. The lowest BCUT2D eigenvalue weighted by molar-refractivity contribution is -0.120. The molecule has 0 bridgehead atoms. The van der Waals surface area contributed by atoms with Crippen LogP contribution in [0.2, 0.25) is 0 Å². The number of aldehydes is 1. The second-order valence-electron chi connectivity index (χ2n) is 10.2.